The van der Waals surface area contributed by atoms with E-state index in [0.29, 0.717) is 13.1 Å². The zero-order valence-electron chi connectivity index (χ0n) is 17.6. The lowest BCUT2D eigenvalue weighted by Gasteiger charge is -2.16. The van der Waals surface area contributed by atoms with E-state index in [1.54, 1.807) is 11.8 Å². The molecule has 0 aromatic carbocycles. The number of unbranched alkanes of at least 4 members (excludes halogenated alkanes) is 1. The first-order chi connectivity index (χ1) is 14.0. The number of aromatic nitrogens is 2. The Morgan fingerprint density at radius 3 is 2.86 bits per heavy atom. The van der Waals surface area contributed by atoms with E-state index in [2.05, 4.69) is 39.5 Å². The second kappa shape index (κ2) is 12.9. The smallest absolute Gasteiger partial charge is 0.327 e. The van der Waals surface area contributed by atoms with Crippen LogP contribution in [0.4, 0.5) is 4.79 Å². The Hall–Kier alpha value is -1.58. The van der Waals surface area contributed by atoms with Gasteiger partial charge in [-0.25, -0.2) is 9.78 Å². The molecule has 0 unspecified atom stereocenters. The van der Waals surface area contributed by atoms with Crippen molar-refractivity contribution in [3.05, 3.63) is 41.9 Å². The molecule has 2 aromatic heterocycles. The Morgan fingerprint density at radius 1 is 1.31 bits per heavy atom. The van der Waals surface area contributed by atoms with Crippen molar-refractivity contribution in [1.82, 2.24) is 24.1 Å². The average Bonchev–Trinajstić information content (AvgIpc) is 3.33. The lowest BCUT2D eigenvalue weighted by molar-refractivity contribution is 0.226. The average molecular weight is 440 g/mol. The molecular weight excluding hydrogens is 406 g/mol. The Morgan fingerprint density at radius 2 is 2.10 bits per heavy atom. The van der Waals surface area contributed by atoms with Crippen LogP contribution in [-0.2, 0) is 25.3 Å². The molecule has 0 aliphatic heterocycles. The third-order valence-electron chi connectivity index (χ3n) is 4.33. The van der Waals surface area contributed by atoms with Crippen molar-refractivity contribution in [3.8, 4) is 0 Å². The van der Waals surface area contributed by atoms with Crippen LogP contribution in [0.1, 0.15) is 37.1 Å². The molecule has 0 saturated heterocycles. The van der Waals surface area contributed by atoms with Gasteiger partial charge in [0.2, 0.25) is 0 Å². The van der Waals surface area contributed by atoms with Gasteiger partial charge < -0.3 is 19.2 Å². The van der Waals surface area contributed by atoms with Crippen molar-refractivity contribution < 1.29 is 9.21 Å². The van der Waals surface area contributed by atoms with Crippen LogP contribution in [0.5, 0.6) is 0 Å². The molecule has 2 rings (SSSR count). The van der Waals surface area contributed by atoms with Gasteiger partial charge in [-0.05, 0) is 39.1 Å². The van der Waals surface area contributed by atoms with Crippen molar-refractivity contribution in [2.45, 2.75) is 45.0 Å². The maximum Gasteiger partial charge on any atom is 0.327 e. The molecule has 0 bridgehead atoms. The highest BCUT2D eigenvalue weighted by atomic mass is 32.2. The first-order valence-electron chi connectivity index (χ1n) is 10.0. The van der Waals surface area contributed by atoms with E-state index in [0.717, 1.165) is 61.2 Å². The van der Waals surface area contributed by atoms with Crippen molar-refractivity contribution in [1.29, 1.82) is 0 Å². The molecule has 162 valence electrons. The third kappa shape index (κ3) is 8.76. The van der Waals surface area contributed by atoms with E-state index in [4.69, 9.17) is 4.42 Å². The number of nitrogens with zero attached hydrogens (tertiary/aromatic N) is 4. The molecule has 2 heterocycles. The van der Waals surface area contributed by atoms with Gasteiger partial charge in [-0.2, -0.15) is 11.8 Å². The first kappa shape index (κ1) is 23.7. The number of furan rings is 1. The second-order valence-electron chi connectivity index (χ2n) is 7.11. The number of thioether (sulfide) groups is 1. The fourth-order valence-corrected chi connectivity index (χ4v) is 3.85. The highest BCUT2D eigenvalue weighted by molar-refractivity contribution is 7.98. The number of amides is 2. The molecule has 9 heteroatoms. The van der Waals surface area contributed by atoms with Gasteiger partial charge in [0.05, 0.1) is 12.3 Å². The summed E-state index contributed by atoms with van der Waals surface area (Å²) >= 11 is 6.04. The molecule has 2 amide bonds. The van der Waals surface area contributed by atoms with Crippen LogP contribution in [0.3, 0.4) is 0 Å². The highest BCUT2D eigenvalue weighted by Gasteiger charge is 2.09. The Balaban J connectivity index is 1.52. The molecule has 29 heavy (non-hydrogen) atoms. The normalized spacial score (nSPS) is 11.2. The molecule has 0 aliphatic rings. The van der Waals surface area contributed by atoms with Crippen LogP contribution in [0.25, 0.3) is 0 Å². The number of carbonyl (C=O) groups is 1. The SMILES string of the molecule is CCc1nccn1CCCCN(S)C(=O)NCCSCc1ccc(CN(C)C)o1. The standard InChI is InChI=1S/C20H33N5O2S2/c1-4-19-21-9-13-24(19)11-5-6-12-25(28)20(26)22-10-14-29-16-18-8-7-17(27-18)15-23(2)3/h7-9,13,28H,4-6,10-12,14-16H2,1-3H3,(H,22,26). The van der Waals surface area contributed by atoms with Crippen LogP contribution in [-0.4, -0.2) is 57.7 Å². The largest absolute Gasteiger partial charge is 0.464 e. The van der Waals surface area contributed by atoms with Crippen molar-refractivity contribution in [2.24, 2.45) is 0 Å². The minimum Gasteiger partial charge on any atom is -0.464 e. The summed E-state index contributed by atoms with van der Waals surface area (Å²) < 4.78 is 9.41. The van der Waals surface area contributed by atoms with Gasteiger partial charge in [0.25, 0.3) is 0 Å². The number of hydrogen-bond donors (Lipinski definition) is 2. The van der Waals surface area contributed by atoms with E-state index < -0.39 is 0 Å². The number of hydrogen-bond acceptors (Lipinski definition) is 6. The summed E-state index contributed by atoms with van der Waals surface area (Å²) in [5.74, 6) is 4.69. The maximum absolute atomic E-state index is 12.1. The van der Waals surface area contributed by atoms with Crippen LogP contribution < -0.4 is 5.32 Å². The summed E-state index contributed by atoms with van der Waals surface area (Å²) in [4.78, 5) is 18.5. The minimum absolute atomic E-state index is 0.142. The molecule has 2 aromatic rings. The van der Waals surface area contributed by atoms with E-state index in [9.17, 15) is 4.79 Å². The summed E-state index contributed by atoms with van der Waals surface area (Å²) in [7, 11) is 4.04. The number of imidazole rings is 1. The Bertz CT molecular complexity index is 732. The van der Waals surface area contributed by atoms with E-state index in [-0.39, 0.29) is 6.03 Å². The number of nitrogens with one attached hydrogen (secondary N) is 1. The molecule has 7 nitrogen and oxygen atoms in total. The van der Waals surface area contributed by atoms with Gasteiger partial charge in [0.1, 0.15) is 17.3 Å². The lowest BCUT2D eigenvalue weighted by atomic mass is 10.3. The summed E-state index contributed by atoms with van der Waals surface area (Å²) in [6.45, 7) is 5.07. The molecule has 0 fully saturated rings. The Kier molecular flexibility index (Phi) is 10.5. The predicted octanol–water partition coefficient (Wildman–Crippen LogP) is 3.67. The lowest BCUT2D eigenvalue weighted by Crippen LogP contribution is -2.35. The van der Waals surface area contributed by atoms with E-state index in [1.165, 1.54) is 4.31 Å². The van der Waals surface area contributed by atoms with Gasteiger partial charge >= 0.3 is 6.03 Å². The van der Waals surface area contributed by atoms with Crippen LogP contribution in [0.2, 0.25) is 0 Å². The van der Waals surface area contributed by atoms with Crippen LogP contribution >= 0.6 is 24.6 Å². The quantitative estimate of drug-likeness (QED) is 0.368. The van der Waals surface area contributed by atoms with Gasteiger partial charge in [-0.15, -0.1) is 0 Å². The number of carbonyl (C=O) groups excluding carboxylic acids is 1. The third-order valence-corrected chi connectivity index (χ3v) is 5.69. The van der Waals surface area contributed by atoms with E-state index >= 15 is 0 Å². The van der Waals surface area contributed by atoms with Crippen molar-refractivity contribution >= 4 is 30.6 Å². The van der Waals surface area contributed by atoms with Crippen LogP contribution in [0, 0.1) is 0 Å². The first-order valence-corrected chi connectivity index (χ1v) is 11.6. The molecule has 0 aliphatic carbocycles. The number of rotatable bonds is 13. The second-order valence-corrected chi connectivity index (χ2v) is 8.70. The zero-order valence-corrected chi connectivity index (χ0v) is 19.3. The van der Waals surface area contributed by atoms with Gasteiger partial charge in [0, 0.05) is 44.2 Å². The summed E-state index contributed by atoms with van der Waals surface area (Å²) in [6.07, 6.45) is 6.67. The molecule has 0 radical (unpaired) electrons. The van der Waals surface area contributed by atoms with Gasteiger partial charge in [0.15, 0.2) is 0 Å². The number of aryl methyl sites for hydroxylation is 2. The molecule has 1 N–H and O–H groups in total. The Labute approximate surface area is 183 Å². The summed E-state index contributed by atoms with van der Waals surface area (Å²) in [5.41, 5.74) is 0. The van der Waals surface area contributed by atoms with Gasteiger partial charge in [-0.1, -0.05) is 19.7 Å². The van der Waals surface area contributed by atoms with Crippen molar-refractivity contribution in [2.75, 3.05) is 32.9 Å². The maximum atomic E-state index is 12.1. The minimum atomic E-state index is -0.142. The molecule has 0 saturated carbocycles. The van der Waals surface area contributed by atoms with Crippen LogP contribution in [0.15, 0.2) is 28.9 Å². The fourth-order valence-electron chi connectivity index (χ4n) is 2.89. The highest BCUT2D eigenvalue weighted by Crippen LogP contribution is 2.16. The van der Waals surface area contributed by atoms with Gasteiger partial charge in [-0.3, -0.25) is 4.31 Å². The zero-order chi connectivity index (χ0) is 21.1. The number of urea groups is 1. The summed E-state index contributed by atoms with van der Waals surface area (Å²) in [5, 5.41) is 2.91. The monoisotopic (exact) mass is 439 g/mol. The summed E-state index contributed by atoms with van der Waals surface area (Å²) in [6, 6.07) is 3.90. The molecule has 0 spiro atoms. The predicted molar refractivity (Wildman–Crippen MR) is 122 cm³/mol. The number of thiol groups is 1. The van der Waals surface area contributed by atoms with Crippen molar-refractivity contribution in [3.63, 3.8) is 0 Å². The molecule has 0 atom stereocenters. The fraction of sp³-hybridized carbons (Fsp3) is 0.600. The molecular formula is C20H33N5O2S2. The topological polar surface area (TPSA) is 66.5 Å². The van der Waals surface area contributed by atoms with E-state index in [1.807, 2.05) is 38.6 Å².